The number of aromatic nitrogens is 1. The Balaban J connectivity index is 2.24. The van der Waals surface area contributed by atoms with Gasteiger partial charge < -0.3 is 10.4 Å². The number of carbonyl (C=O) groups excluding carboxylic acids is 2. The predicted octanol–water partition coefficient (Wildman–Crippen LogP) is 0.454. The lowest BCUT2D eigenvalue weighted by Crippen LogP contribution is -2.33. The normalized spacial score (nSPS) is 17.1. The number of nitrogens with zero attached hydrogens (tertiary/aromatic N) is 2. The maximum atomic E-state index is 11.4. The molecular weight excluding hydrogens is 246 g/mol. The van der Waals surface area contributed by atoms with E-state index in [9.17, 15) is 14.4 Å². The highest BCUT2D eigenvalue weighted by molar-refractivity contribution is 7.09. The molecule has 1 aromatic rings. The van der Waals surface area contributed by atoms with Gasteiger partial charge in [-0.3, -0.25) is 9.69 Å². The van der Waals surface area contributed by atoms with Crippen molar-refractivity contribution >= 4 is 29.2 Å². The first-order valence-electron chi connectivity index (χ1n) is 4.79. The summed E-state index contributed by atoms with van der Waals surface area (Å²) in [5, 5.41) is 12.9. The zero-order valence-corrected chi connectivity index (χ0v) is 9.65. The molecule has 2 N–H and O–H groups in total. The van der Waals surface area contributed by atoms with E-state index in [2.05, 4.69) is 10.3 Å². The van der Waals surface area contributed by atoms with Crippen LogP contribution in [0.25, 0.3) is 0 Å². The molecule has 0 aliphatic carbocycles. The third-order valence-electron chi connectivity index (χ3n) is 2.36. The summed E-state index contributed by atoms with van der Waals surface area (Å²) >= 11 is 1.11. The molecule has 3 amide bonds. The summed E-state index contributed by atoms with van der Waals surface area (Å²) in [6.45, 7) is 1.60. The Kier molecular flexibility index (Phi) is 2.80. The average molecular weight is 255 g/mol. The molecule has 2 heterocycles. The lowest BCUT2D eigenvalue weighted by Gasteiger charge is -2.18. The maximum absolute atomic E-state index is 11.4. The number of aromatic carboxylic acids is 1. The van der Waals surface area contributed by atoms with Gasteiger partial charge in [-0.2, -0.15) is 0 Å². The smallest absolute Gasteiger partial charge is 0.355 e. The van der Waals surface area contributed by atoms with E-state index in [0.717, 1.165) is 16.2 Å². The summed E-state index contributed by atoms with van der Waals surface area (Å²) in [5.74, 6) is -1.47. The van der Waals surface area contributed by atoms with Gasteiger partial charge in [-0.1, -0.05) is 0 Å². The van der Waals surface area contributed by atoms with E-state index in [1.807, 2.05) is 0 Å². The first kappa shape index (κ1) is 11.5. The van der Waals surface area contributed by atoms with E-state index < -0.39 is 18.0 Å². The molecule has 17 heavy (non-hydrogen) atoms. The topological polar surface area (TPSA) is 99.6 Å². The van der Waals surface area contributed by atoms with Crippen LogP contribution in [0.5, 0.6) is 0 Å². The summed E-state index contributed by atoms with van der Waals surface area (Å²) in [6.07, 6.45) is 0. The SMILES string of the molecule is CC(c1nc(C(=O)O)cs1)N1C(=O)CNC1=O. The number of nitrogens with one attached hydrogen (secondary N) is 1. The highest BCUT2D eigenvalue weighted by Crippen LogP contribution is 2.25. The summed E-state index contributed by atoms with van der Waals surface area (Å²) < 4.78 is 0. The number of carboxylic acids is 1. The van der Waals surface area contributed by atoms with Crippen LogP contribution < -0.4 is 5.32 Å². The second-order valence-electron chi connectivity index (χ2n) is 3.47. The number of hydrogen-bond acceptors (Lipinski definition) is 5. The van der Waals surface area contributed by atoms with Crippen molar-refractivity contribution in [3.8, 4) is 0 Å². The summed E-state index contributed by atoms with van der Waals surface area (Å²) in [6, 6.07) is -1.03. The Hall–Kier alpha value is -1.96. The molecule has 1 unspecified atom stereocenters. The monoisotopic (exact) mass is 255 g/mol. The van der Waals surface area contributed by atoms with Crippen LogP contribution in [0, 0.1) is 0 Å². The van der Waals surface area contributed by atoms with Crippen LogP contribution in [0.3, 0.4) is 0 Å². The van der Waals surface area contributed by atoms with Gasteiger partial charge in [0, 0.05) is 5.38 Å². The molecule has 1 fully saturated rings. The van der Waals surface area contributed by atoms with Crippen LogP contribution in [-0.2, 0) is 4.79 Å². The fraction of sp³-hybridized carbons (Fsp3) is 0.333. The van der Waals surface area contributed by atoms with Gasteiger partial charge in [0.25, 0.3) is 5.91 Å². The summed E-state index contributed by atoms with van der Waals surface area (Å²) in [5.41, 5.74) is -0.0797. The van der Waals surface area contributed by atoms with Crippen molar-refractivity contribution in [1.82, 2.24) is 15.2 Å². The van der Waals surface area contributed by atoms with Gasteiger partial charge in [0.05, 0.1) is 12.6 Å². The Labute approximate surface area is 100 Å². The Morgan fingerprint density at radius 3 is 2.82 bits per heavy atom. The number of amides is 3. The number of carbonyl (C=O) groups is 3. The van der Waals surface area contributed by atoms with Crippen LogP contribution in [0.4, 0.5) is 4.79 Å². The van der Waals surface area contributed by atoms with Crippen molar-refractivity contribution in [3.63, 3.8) is 0 Å². The molecule has 1 aliphatic heterocycles. The van der Waals surface area contributed by atoms with Crippen molar-refractivity contribution < 1.29 is 19.5 Å². The van der Waals surface area contributed by atoms with E-state index in [1.165, 1.54) is 5.38 Å². The highest BCUT2D eigenvalue weighted by atomic mass is 32.1. The van der Waals surface area contributed by atoms with Crippen molar-refractivity contribution in [1.29, 1.82) is 0 Å². The predicted molar refractivity (Wildman–Crippen MR) is 57.7 cm³/mol. The van der Waals surface area contributed by atoms with Crippen LogP contribution in [0.2, 0.25) is 0 Å². The third kappa shape index (κ3) is 1.98. The molecule has 1 saturated heterocycles. The fourth-order valence-electron chi connectivity index (χ4n) is 1.51. The van der Waals surface area contributed by atoms with E-state index in [4.69, 9.17) is 5.11 Å². The molecule has 1 atom stereocenters. The van der Waals surface area contributed by atoms with E-state index in [0.29, 0.717) is 5.01 Å². The van der Waals surface area contributed by atoms with Crippen LogP contribution >= 0.6 is 11.3 Å². The minimum absolute atomic E-state index is 0.0274. The second kappa shape index (κ2) is 4.13. The molecule has 1 aliphatic rings. The largest absolute Gasteiger partial charge is 0.476 e. The van der Waals surface area contributed by atoms with Gasteiger partial charge in [0.2, 0.25) is 0 Å². The van der Waals surface area contributed by atoms with Crippen molar-refractivity contribution in [2.45, 2.75) is 13.0 Å². The minimum Gasteiger partial charge on any atom is -0.476 e. The van der Waals surface area contributed by atoms with Gasteiger partial charge in [-0.15, -0.1) is 11.3 Å². The van der Waals surface area contributed by atoms with Gasteiger partial charge >= 0.3 is 12.0 Å². The number of thiazole rings is 1. The lowest BCUT2D eigenvalue weighted by molar-refractivity contribution is -0.126. The van der Waals surface area contributed by atoms with Crippen molar-refractivity contribution in [3.05, 3.63) is 16.1 Å². The minimum atomic E-state index is -1.13. The first-order chi connectivity index (χ1) is 8.00. The van der Waals surface area contributed by atoms with E-state index >= 15 is 0 Å². The van der Waals surface area contributed by atoms with E-state index in [1.54, 1.807) is 6.92 Å². The molecular formula is C9H9N3O4S. The molecule has 0 bridgehead atoms. The Morgan fingerprint density at radius 2 is 2.35 bits per heavy atom. The fourth-order valence-corrected chi connectivity index (χ4v) is 2.35. The molecule has 8 heteroatoms. The standard InChI is InChI=1S/C9H9N3O4S/c1-4(12-6(13)2-10-9(12)16)7-11-5(3-17-7)8(14)15/h3-4H,2H2,1H3,(H,10,16)(H,14,15). The number of carboxylic acid groups (broad SMARTS) is 1. The first-order valence-corrected chi connectivity index (χ1v) is 5.67. The molecule has 0 saturated carbocycles. The maximum Gasteiger partial charge on any atom is 0.355 e. The molecule has 7 nitrogen and oxygen atoms in total. The van der Waals surface area contributed by atoms with Gasteiger partial charge in [0.15, 0.2) is 5.69 Å². The van der Waals surface area contributed by atoms with Crippen LogP contribution in [-0.4, -0.2) is 39.4 Å². The number of urea groups is 1. The summed E-state index contributed by atoms with van der Waals surface area (Å²) in [4.78, 5) is 38.4. The number of hydrogen-bond donors (Lipinski definition) is 2. The van der Waals surface area contributed by atoms with Crippen molar-refractivity contribution in [2.75, 3.05) is 6.54 Å². The van der Waals surface area contributed by atoms with E-state index in [-0.39, 0.29) is 18.1 Å². The van der Waals surface area contributed by atoms with Crippen LogP contribution in [0.1, 0.15) is 28.5 Å². The van der Waals surface area contributed by atoms with Crippen LogP contribution in [0.15, 0.2) is 5.38 Å². The zero-order chi connectivity index (χ0) is 12.6. The van der Waals surface area contributed by atoms with Gasteiger partial charge in [-0.05, 0) is 6.92 Å². The molecule has 0 radical (unpaired) electrons. The number of rotatable bonds is 3. The Morgan fingerprint density at radius 1 is 1.65 bits per heavy atom. The van der Waals surface area contributed by atoms with Gasteiger partial charge in [0.1, 0.15) is 5.01 Å². The quantitative estimate of drug-likeness (QED) is 0.764. The zero-order valence-electron chi connectivity index (χ0n) is 8.84. The molecule has 0 spiro atoms. The average Bonchev–Trinajstić information content (AvgIpc) is 2.85. The summed E-state index contributed by atoms with van der Waals surface area (Å²) in [7, 11) is 0. The molecule has 1 aromatic heterocycles. The molecule has 90 valence electrons. The number of imide groups is 1. The highest BCUT2D eigenvalue weighted by Gasteiger charge is 2.34. The van der Waals surface area contributed by atoms with Gasteiger partial charge in [-0.25, -0.2) is 14.6 Å². The molecule has 2 rings (SSSR count). The molecule has 0 aromatic carbocycles. The van der Waals surface area contributed by atoms with Crippen molar-refractivity contribution in [2.24, 2.45) is 0 Å². The third-order valence-corrected chi connectivity index (χ3v) is 3.38. The Bertz CT molecular complexity index is 482. The lowest BCUT2D eigenvalue weighted by atomic mass is 10.3. The second-order valence-corrected chi connectivity index (χ2v) is 4.36.